The van der Waals surface area contributed by atoms with Crippen LogP contribution < -0.4 is 5.32 Å². The molecule has 5 heteroatoms. The molecule has 114 valence electrons. The highest BCUT2D eigenvalue weighted by molar-refractivity contribution is 14.0. The van der Waals surface area contributed by atoms with Crippen molar-refractivity contribution in [2.24, 2.45) is 4.99 Å². The largest absolute Gasteiger partial charge is 0.357 e. The van der Waals surface area contributed by atoms with E-state index in [0.717, 1.165) is 45.2 Å². The van der Waals surface area contributed by atoms with Gasteiger partial charge in [-0.1, -0.05) is 13.8 Å². The Bertz CT molecular complexity index is 248. The van der Waals surface area contributed by atoms with Gasteiger partial charge in [0.1, 0.15) is 0 Å². The van der Waals surface area contributed by atoms with Gasteiger partial charge in [0.05, 0.1) is 6.54 Å². The number of hydrogen-bond acceptors (Lipinski definition) is 2. The standard InChI is InChI=1S/C14H30N4.HI/c1-5-15-14(18-10-8-9-11-18)16-12-13(4)17(6-2)7-3;/h13H,5-12H2,1-4H3,(H,15,16);1H. The van der Waals surface area contributed by atoms with Gasteiger partial charge in [-0.3, -0.25) is 9.89 Å². The topological polar surface area (TPSA) is 30.9 Å². The highest BCUT2D eigenvalue weighted by Crippen LogP contribution is 2.08. The lowest BCUT2D eigenvalue weighted by atomic mass is 10.3. The molecule has 0 amide bonds. The molecule has 0 aromatic carbocycles. The SMILES string of the molecule is CCNC(=NCC(C)N(CC)CC)N1CCCC1.I. The lowest BCUT2D eigenvalue weighted by Crippen LogP contribution is -2.41. The molecule has 1 rings (SSSR count). The van der Waals surface area contributed by atoms with Gasteiger partial charge in [0.2, 0.25) is 0 Å². The van der Waals surface area contributed by atoms with Crippen molar-refractivity contribution in [2.45, 2.75) is 46.6 Å². The normalized spacial score (nSPS) is 17.5. The van der Waals surface area contributed by atoms with E-state index in [0.29, 0.717) is 6.04 Å². The number of rotatable bonds is 6. The molecule has 0 bridgehead atoms. The highest BCUT2D eigenvalue weighted by Gasteiger charge is 2.16. The summed E-state index contributed by atoms with van der Waals surface area (Å²) in [7, 11) is 0. The van der Waals surface area contributed by atoms with Gasteiger partial charge in [-0.2, -0.15) is 0 Å². The van der Waals surface area contributed by atoms with Crippen LogP contribution >= 0.6 is 24.0 Å². The van der Waals surface area contributed by atoms with Gasteiger partial charge < -0.3 is 10.2 Å². The quantitative estimate of drug-likeness (QED) is 0.435. The second-order valence-electron chi connectivity index (χ2n) is 4.96. The van der Waals surface area contributed by atoms with Gasteiger partial charge >= 0.3 is 0 Å². The molecule has 1 saturated heterocycles. The third-order valence-corrected chi connectivity index (χ3v) is 3.68. The van der Waals surface area contributed by atoms with Crippen molar-refractivity contribution >= 4 is 29.9 Å². The molecule has 1 atom stereocenters. The average Bonchev–Trinajstić information content (AvgIpc) is 2.89. The number of likely N-dealkylation sites (tertiary alicyclic amines) is 1. The lowest BCUT2D eigenvalue weighted by molar-refractivity contribution is 0.236. The van der Waals surface area contributed by atoms with E-state index in [1.54, 1.807) is 0 Å². The maximum absolute atomic E-state index is 4.80. The van der Waals surface area contributed by atoms with Crippen LogP contribution in [0.25, 0.3) is 0 Å². The molecule has 0 aromatic heterocycles. The molecule has 0 saturated carbocycles. The maximum atomic E-state index is 4.80. The molecule has 0 radical (unpaired) electrons. The van der Waals surface area contributed by atoms with E-state index in [4.69, 9.17) is 4.99 Å². The summed E-state index contributed by atoms with van der Waals surface area (Å²) in [5.74, 6) is 1.11. The Morgan fingerprint density at radius 2 is 1.79 bits per heavy atom. The second-order valence-corrected chi connectivity index (χ2v) is 4.96. The van der Waals surface area contributed by atoms with Crippen LogP contribution in [0.4, 0.5) is 0 Å². The average molecular weight is 382 g/mol. The van der Waals surface area contributed by atoms with Gasteiger partial charge in [-0.25, -0.2) is 0 Å². The van der Waals surface area contributed by atoms with E-state index >= 15 is 0 Å². The number of aliphatic imine (C=N–C) groups is 1. The van der Waals surface area contributed by atoms with Crippen LogP contribution in [-0.2, 0) is 0 Å². The van der Waals surface area contributed by atoms with Crippen LogP contribution in [0.3, 0.4) is 0 Å². The van der Waals surface area contributed by atoms with Gasteiger partial charge in [0.15, 0.2) is 5.96 Å². The molecule has 0 aromatic rings. The Morgan fingerprint density at radius 1 is 1.21 bits per heavy atom. The summed E-state index contributed by atoms with van der Waals surface area (Å²) in [5.41, 5.74) is 0. The first-order chi connectivity index (χ1) is 8.72. The second kappa shape index (κ2) is 10.7. The number of hydrogen-bond donors (Lipinski definition) is 1. The number of nitrogens with one attached hydrogen (secondary N) is 1. The minimum Gasteiger partial charge on any atom is -0.357 e. The zero-order valence-electron chi connectivity index (χ0n) is 13.0. The van der Waals surface area contributed by atoms with Crippen LogP contribution in [0, 0.1) is 0 Å². The smallest absolute Gasteiger partial charge is 0.193 e. The molecule has 19 heavy (non-hydrogen) atoms. The summed E-state index contributed by atoms with van der Waals surface area (Å²) in [4.78, 5) is 9.64. The number of likely N-dealkylation sites (N-methyl/N-ethyl adjacent to an activating group) is 1. The summed E-state index contributed by atoms with van der Waals surface area (Å²) < 4.78 is 0. The predicted molar refractivity (Wildman–Crippen MR) is 94.6 cm³/mol. The molecule has 1 heterocycles. The zero-order valence-corrected chi connectivity index (χ0v) is 15.3. The molecule has 1 aliphatic rings. The Morgan fingerprint density at radius 3 is 2.26 bits per heavy atom. The molecule has 1 N–H and O–H groups in total. The third-order valence-electron chi connectivity index (χ3n) is 3.68. The minimum atomic E-state index is 0. The Balaban J connectivity index is 0.00000324. The van der Waals surface area contributed by atoms with Crippen LogP contribution in [0.5, 0.6) is 0 Å². The minimum absolute atomic E-state index is 0. The Kier molecular flexibility index (Phi) is 10.7. The number of guanidine groups is 1. The maximum Gasteiger partial charge on any atom is 0.193 e. The van der Waals surface area contributed by atoms with Gasteiger partial charge in [0, 0.05) is 25.7 Å². The predicted octanol–water partition coefficient (Wildman–Crippen LogP) is 2.40. The van der Waals surface area contributed by atoms with Crippen LogP contribution in [-0.4, -0.2) is 61.1 Å². The molecular weight excluding hydrogens is 351 g/mol. The van der Waals surface area contributed by atoms with Crippen LogP contribution in [0.15, 0.2) is 4.99 Å². The lowest BCUT2D eigenvalue weighted by Gasteiger charge is -2.26. The van der Waals surface area contributed by atoms with E-state index < -0.39 is 0 Å². The molecule has 1 unspecified atom stereocenters. The van der Waals surface area contributed by atoms with Gasteiger partial charge in [-0.05, 0) is 39.8 Å². The Hall–Kier alpha value is -0.0400. The van der Waals surface area contributed by atoms with E-state index in [2.05, 4.69) is 42.8 Å². The van der Waals surface area contributed by atoms with Crippen molar-refractivity contribution in [1.82, 2.24) is 15.1 Å². The van der Waals surface area contributed by atoms with Crippen molar-refractivity contribution in [2.75, 3.05) is 39.3 Å². The summed E-state index contributed by atoms with van der Waals surface area (Å²) in [6.07, 6.45) is 2.60. The van der Waals surface area contributed by atoms with Gasteiger partial charge in [-0.15, -0.1) is 24.0 Å². The van der Waals surface area contributed by atoms with Gasteiger partial charge in [0.25, 0.3) is 0 Å². The first kappa shape index (κ1) is 19.0. The van der Waals surface area contributed by atoms with E-state index in [1.165, 1.54) is 12.8 Å². The third kappa shape index (κ3) is 6.29. The zero-order chi connectivity index (χ0) is 13.4. The van der Waals surface area contributed by atoms with Crippen LogP contribution in [0.1, 0.15) is 40.5 Å². The molecule has 0 spiro atoms. The molecule has 1 aliphatic heterocycles. The highest BCUT2D eigenvalue weighted by atomic mass is 127. The van der Waals surface area contributed by atoms with E-state index in [9.17, 15) is 0 Å². The first-order valence-electron chi connectivity index (χ1n) is 7.50. The molecule has 1 fully saturated rings. The number of nitrogens with zero attached hydrogens (tertiary/aromatic N) is 3. The first-order valence-corrected chi connectivity index (χ1v) is 7.50. The monoisotopic (exact) mass is 382 g/mol. The molecule has 0 aliphatic carbocycles. The van der Waals surface area contributed by atoms with Crippen molar-refractivity contribution in [1.29, 1.82) is 0 Å². The van der Waals surface area contributed by atoms with Crippen molar-refractivity contribution in [3.05, 3.63) is 0 Å². The van der Waals surface area contributed by atoms with Crippen LogP contribution in [0.2, 0.25) is 0 Å². The van der Waals surface area contributed by atoms with Crippen molar-refractivity contribution in [3.8, 4) is 0 Å². The fourth-order valence-electron chi connectivity index (χ4n) is 2.54. The van der Waals surface area contributed by atoms with Crippen molar-refractivity contribution < 1.29 is 0 Å². The fraction of sp³-hybridized carbons (Fsp3) is 0.929. The fourth-order valence-corrected chi connectivity index (χ4v) is 2.54. The summed E-state index contributed by atoms with van der Waals surface area (Å²) in [5, 5.41) is 3.41. The Labute approximate surface area is 136 Å². The molecule has 4 nitrogen and oxygen atoms in total. The summed E-state index contributed by atoms with van der Waals surface area (Å²) >= 11 is 0. The van der Waals surface area contributed by atoms with Crippen molar-refractivity contribution in [3.63, 3.8) is 0 Å². The molecular formula is C14H31IN4. The van der Waals surface area contributed by atoms with E-state index in [1.807, 2.05) is 0 Å². The van der Waals surface area contributed by atoms with E-state index in [-0.39, 0.29) is 24.0 Å². The summed E-state index contributed by atoms with van der Waals surface area (Å²) in [6.45, 7) is 15.2. The number of halogens is 1. The summed E-state index contributed by atoms with van der Waals surface area (Å²) in [6, 6.07) is 0.524.